The molecule has 0 saturated heterocycles. The lowest BCUT2D eigenvalue weighted by atomic mass is 10.1. The molecule has 2 N–H and O–H groups in total. The summed E-state index contributed by atoms with van der Waals surface area (Å²) in [7, 11) is 0. The highest BCUT2D eigenvalue weighted by Crippen LogP contribution is 2.34. The molecule has 0 bridgehead atoms. The molecule has 3 amide bonds. The van der Waals surface area contributed by atoms with Gasteiger partial charge < -0.3 is 15.5 Å². The van der Waals surface area contributed by atoms with Crippen LogP contribution in [0.4, 0.5) is 29.3 Å². The average Bonchev–Trinajstić information content (AvgIpc) is 3.03. The maximum atomic E-state index is 12.9. The topological polar surface area (TPSA) is 61.4 Å². The van der Waals surface area contributed by atoms with Crippen molar-refractivity contribution in [1.29, 1.82) is 0 Å². The molecule has 2 aromatic rings. The first kappa shape index (κ1) is 17.8. The third-order valence-corrected chi connectivity index (χ3v) is 4.07. The van der Waals surface area contributed by atoms with Gasteiger partial charge in [0.2, 0.25) is 5.91 Å². The number of amides is 3. The number of rotatable bonds is 3. The summed E-state index contributed by atoms with van der Waals surface area (Å²) in [6.07, 6.45) is -3.86. The van der Waals surface area contributed by atoms with Crippen LogP contribution in [0.25, 0.3) is 0 Å². The summed E-state index contributed by atoms with van der Waals surface area (Å²) in [6, 6.07) is 11.2. The van der Waals surface area contributed by atoms with Crippen molar-refractivity contribution < 1.29 is 22.8 Å². The Morgan fingerprint density at radius 1 is 1.04 bits per heavy atom. The van der Waals surface area contributed by atoms with E-state index < -0.39 is 17.8 Å². The third kappa shape index (κ3) is 3.79. The molecule has 0 unspecified atom stereocenters. The van der Waals surface area contributed by atoms with Gasteiger partial charge in [-0.1, -0.05) is 30.3 Å². The molecule has 136 valence electrons. The Labute approximate surface area is 147 Å². The van der Waals surface area contributed by atoms with Crippen molar-refractivity contribution in [2.75, 3.05) is 23.3 Å². The Balaban J connectivity index is 1.60. The first-order valence-corrected chi connectivity index (χ1v) is 7.95. The van der Waals surface area contributed by atoms with Crippen molar-refractivity contribution in [3.05, 3.63) is 59.7 Å². The van der Waals surface area contributed by atoms with Crippen molar-refractivity contribution >= 4 is 23.3 Å². The van der Waals surface area contributed by atoms with Crippen molar-refractivity contribution in [1.82, 2.24) is 5.32 Å². The van der Waals surface area contributed by atoms with Gasteiger partial charge in [-0.15, -0.1) is 0 Å². The van der Waals surface area contributed by atoms with Gasteiger partial charge in [-0.3, -0.25) is 4.79 Å². The molecular formula is C18H16F3N3O2. The highest BCUT2D eigenvalue weighted by Gasteiger charge is 2.33. The molecule has 0 aliphatic carbocycles. The fraction of sp³-hybridized carbons (Fsp3) is 0.222. The van der Waals surface area contributed by atoms with Crippen molar-refractivity contribution in [2.45, 2.75) is 12.6 Å². The molecule has 26 heavy (non-hydrogen) atoms. The first-order valence-electron chi connectivity index (χ1n) is 7.95. The summed E-state index contributed by atoms with van der Waals surface area (Å²) in [6.45, 7) is 0.201. The summed E-state index contributed by atoms with van der Waals surface area (Å²) < 4.78 is 38.8. The Morgan fingerprint density at radius 3 is 2.50 bits per heavy atom. The van der Waals surface area contributed by atoms with Crippen LogP contribution in [0.15, 0.2) is 48.5 Å². The zero-order chi connectivity index (χ0) is 18.7. The molecule has 0 spiro atoms. The number of para-hydroxylation sites is 2. The maximum Gasteiger partial charge on any atom is 0.418 e. The van der Waals surface area contributed by atoms with E-state index in [0.717, 1.165) is 29.8 Å². The maximum absolute atomic E-state index is 12.9. The lowest BCUT2D eigenvalue weighted by Gasteiger charge is -2.18. The number of benzene rings is 2. The van der Waals surface area contributed by atoms with Gasteiger partial charge in [0.25, 0.3) is 0 Å². The van der Waals surface area contributed by atoms with Gasteiger partial charge >= 0.3 is 12.2 Å². The fourth-order valence-electron chi connectivity index (χ4n) is 2.85. The van der Waals surface area contributed by atoms with Gasteiger partial charge in [0.05, 0.1) is 17.8 Å². The molecule has 0 saturated carbocycles. The number of carbonyl (C=O) groups excluding carboxylic acids is 2. The van der Waals surface area contributed by atoms with Crippen molar-refractivity contribution in [3.8, 4) is 0 Å². The van der Waals surface area contributed by atoms with E-state index >= 15 is 0 Å². The molecule has 0 atom stereocenters. The number of carbonyl (C=O) groups is 2. The Hall–Kier alpha value is -3.03. The van der Waals surface area contributed by atoms with Gasteiger partial charge in [0, 0.05) is 12.2 Å². The number of halogens is 3. The standard InChI is InChI=1S/C18H16F3N3O2/c19-18(20,21)13-6-2-3-7-14(13)23-17(26)22-11-16(25)24-10-9-12-5-1-4-8-15(12)24/h1-8H,9-11H2,(H2,22,23,26). The molecule has 1 aliphatic rings. The number of hydrogen-bond donors (Lipinski definition) is 2. The normalized spacial score (nSPS) is 13.3. The summed E-state index contributed by atoms with van der Waals surface area (Å²) in [5.41, 5.74) is 0.526. The van der Waals surface area contributed by atoms with E-state index in [9.17, 15) is 22.8 Å². The van der Waals surface area contributed by atoms with Crippen LogP contribution in [-0.4, -0.2) is 25.0 Å². The lowest BCUT2D eigenvalue weighted by molar-refractivity contribution is -0.137. The van der Waals surface area contributed by atoms with E-state index in [0.29, 0.717) is 6.54 Å². The van der Waals surface area contributed by atoms with E-state index in [2.05, 4.69) is 10.6 Å². The summed E-state index contributed by atoms with van der Waals surface area (Å²) in [4.78, 5) is 25.7. The van der Waals surface area contributed by atoms with Crippen molar-refractivity contribution in [3.63, 3.8) is 0 Å². The van der Waals surface area contributed by atoms with Crippen LogP contribution in [0.5, 0.6) is 0 Å². The second-order valence-corrected chi connectivity index (χ2v) is 5.78. The second-order valence-electron chi connectivity index (χ2n) is 5.78. The molecular weight excluding hydrogens is 347 g/mol. The SMILES string of the molecule is O=C(NCC(=O)N1CCc2ccccc21)Nc1ccccc1C(F)(F)F. The number of nitrogens with one attached hydrogen (secondary N) is 2. The van der Waals surface area contributed by atoms with Gasteiger partial charge in [-0.25, -0.2) is 4.79 Å². The number of alkyl halides is 3. The van der Waals surface area contributed by atoms with Gasteiger partial charge in [-0.2, -0.15) is 13.2 Å². The van der Waals surface area contributed by atoms with Crippen LogP contribution in [0.2, 0.25) is 0 Å². The number of hydrogen-bond acceptors (Lipinski definition) is 2. The number of urea groups is 1. The van der Waals surface area contributed by atoms with E-state index in [1.165, 1.54) is 12.1 Å². The smallest absolute Gasteiger partial charge is 0.329 e. The highest BCUT2D eigenvalue weighted by atomic mass is 19.4. The largest absolute Gasteiger partial charge is 0.418 e. The van der Waals surface area contributed by atoms with Gasteiger partial charge in [0.1, 0.15) is 0 Å². The van der Waals surface area contributed by atoms with Gasteiger partial charge in [-0.05, 0) is 30.2 Å². The highest BCUT2D eigenvalue weighted by molar-refractivity contribution is 6.00. The Morgan fingerprint density at radius 2 is 1.73 bits per heavy atom. The Bertz CT molecular complexity index is 836. The van der Waals surface area contributed by atoms with Crippen LogP contribution < -0.4 is 15.5 Å². The zero-order valence-corrected chi connectivity index (χ0v) is 13.6. The molecule has 8 heteroatoms. The minimum absolute atomic E-state index is 0.311. The molecule has 1 aliphatic heterocycles. The van der Waals surface area contributed by atoms with Crippen LogP contribution >= 0.6 is 0 Å². The number of fused-ring (bicyclic) bond motifs is 1. The van der Waals surface area contributed by atoms with Crippen LogP contribution in [0.1, 0.15) is 11.1 Å². The zero-order valence-electron chi connectivity index (χ0n) is 13.6. The van der Waals surface area contributed by atoms with E-state index in [4.69, 9.17) is 0 Å². The summed E-state index contributed by atoms with van der Waals surface area (Å²) >= 11 is 0. The van der Waals surface area contributed by atoms with E-state index in [1.807, 2.05) is 24.3 Å². The predicted octanol–water partition coefficient (Wildman–Crippen LogP) is 3.42. The quantitative estimate of drug-likeness (QED) is 0.878. The molecule has 1 heterocycles. The minimum atomic E-state index is -4.58. The van der Waals surface area contributed by atoms with E-state index in [1.54, 1.807) is 4.90 Å². The summed E-state index contributed by atoms with van der Waals surface area (Å²) in [5, 5.41) is 4.45. The van der Waals surface area contributed by atoms with E-state index in [-0.39, 0.29) is 18.1 Å². The fourth-order valence-corrected chi connectivity index (χ4v) is 2.85. The van der Waals surface area contributed by atoms with Crippen LogP contribution in [0, 0.1) is 0 Å². The first-order chi connectivity index (χ1) is 12.4. The monoisotopic (exact) mass is 363 g/mol. The third-order valence-electron chi connectivity index (χ3n) is 4.07. The molecule has 0 fully saturated rings. The van der Waals surface area contributed by atoms with Gasteiger partial charge in [0.15, 0.2) is 0 Å². The summed E-state index contributed by atoms with van der Waals surface area (Å²) in [5.74, 6) is -0.325. The molecule has 0 radical (unpaired) electrons. The molecule has 0 aromatic heterocycles. The van der Waals surface area contributed by atoms with Crippen LogP contribution in [0.3, 0.4) is 0 Å². The Kier molecular flexibility index (Phi) is 4.83. The second kappa shape index (κ2) is 7.07. The lowest BCUT2D eigenvalue weighted by Crippen LogP contribution is -2.41. The average molecular weight is 363 g/mol. The minimum Gasteiger partial charge on any atom is -0.329 e. The molecule has 2 aromatic carbocycles. The molecule has 3 rings (SSSR count). The number of anilines is 2. The van der Waals surface area contributed by atoms with Crippen LogP contribution in [-0.2, 0) is 17.4 Å². The number of nitrogens with zero attached hydrogens (tertiary/aromatic N) is 1. The predicted molar refractivity (Wildman–Crippen MR) is 91.0 cm³/mol. The van der Waals surface area contributed by atoms with Crippen molar-refractivity contribution in [2.24, 2.45) is 0 Å². The molecule has 5 nitrogen and oxygen atoms in total.